The first kappa shape index (κ1) is 58.2. The van der Waals surface area contributed by atoms with Crippen LogP contribution in [-0.2, 0) is 52.4 Å². The predicted molar refractivity (Wildman–Crippen MR) is 261 cm³/mol. The third-order valence-corrected chi connectivity index (χ3v) is 15.1. The van der Waals surface area contributed by atoms with Crippen molar-refractivity contribution in [2.75, 3.05) is 41.1 Å². The molecular formula is C54H85NO14. The molecule has 0 aromatic carbocycles. The lowest BCUT2D eigenvalue weighted by Crippen LogP contribution is -2.61. The molecule has 0 aromatic rings. The lowest BCUT2D eigenvalue weighted by molar-refractivity contribution is -0.265. The van der Waals surface area contributed by atoms with Crippen LogP contribution in [0.2, 0.25) is 0 Å². The predicted octanol–water partition coefficient (Wildman–Crippen LogP) is 6.59. The number of nitrogens with zero attached hydrogens (tertiary/aromatic N) is 1. The second-order valence-corrected chi connectivity index (χ2v) is 20.5. The van der Waals surface area contributed by atoms with E-state index in [1.54, 1.807) is 41.1 Å². The van der Waals surface area contributed by atoms with Crippen molar-refractivity contribution in [2.24, 2.45) is 35.5 Å². The molecule has 3 fully saturated rings. The molecule has 390 valence electrons. The van der Waals surface area contributed by atoms with E-state index in [-0.39, 0.29) is 67.5 Å². The molecule has 2 saturated heterocycles. The number of fused-ring (bicyclic) bond motifs is 3. The van der Waals surface area contributed by atoms with Crippen LogP contribution in [0.3, 0.4) is 0 Å². The molecule has 3 N–H and O–H groups in total. The second kappa shape index (κ2) is 28.0. The maximum Gasteiger partial charge on any atom is 0.329 e. The van der Waals surface area contributed by atoms with Gasteiger partial charge in [-0.2, -0.15) is 0 Å². The summed E-state index contributed by atoms with van der Waals surface area (Å²) in [5, 5.41) is 32.7. The molecule has 4 aliphatic rings. The Kier molecular flexibility index (Phi) is 23.6. The molecule has 0 radical (unpaired) electrons. The van der Waals surface area contributed by atoms with Crippen molar-refractivity contribution >= 4 is 29.2 Å². The van der Waals surface area contributed by atoms with E-state index in [4.69, 9.17) is 28.4 Å². The molecule has 0 aromatic heterocycles. The van der Waals surface area contributed by atoms with Gasteiger partial charge in [-0.05, 0) is 113 Å². The number of methoxy groups -OCH3 is 3. The first-order valence-corrected chi connectivity index (χ1v) is 25.5. The lowest BCUT2D eigenvalue weighted by atomic mass is 9.78. The third kappa shape index (κ3) is 16.0. The maximum atomic E-state index is 14.5. The molecule has 15 heteroatoms. The molecule has 2 bridgehead atoms. The molecule has 15 atom stereocenters. The topological polar surface area (TPSA) is 205 Å². The molecule has 1 aliphatic carbocycles. The minimum absolute atomic E-state index is 0.0163. The van der Waals surface area contributed by atoms with Gasteiger partial charge in [-0.15, -0.1) is 0 Å². The van der Waals surface area contributed by atoms with Crippen molar-refractivity contribution in [3.8, 4) is 0 Å². The third-order valence-electron chi connectivity index (χ3n) is 15.1. The fourth-order valence-electron chi connectivity index (χ4n) is 10.6. The standard InChI is InChI=1S/C54H85NO14/c1-33-17-12-11-13-18-34(2)45(64-8)31-41-22-20-39(7)54(63,69-41)51(60)52(61)55-24-15-14-19-42(55)53(62)68-46(36(4)29-40-21-23-44(47(30-40)65-9)67-26-16-25-56)32-43(57)35(3)28-38(6)49(59)50(66-10)48(58)37(5)27-33/h11-13,17-18,28,33,35-37,39-42,44-47,49-50,56,59,63H,14-16,19-27,29-32H2,1-10H3/b13-11?,17-12+,34-18?,38-28+/t33-,35-,36?,37-,39-,40+,41+,42+,44-,45+,46+,47-,49-,50+,54-/m1/s1. The minimum Gasteiger partial charge on any atom is -0.460 e. The minimum atomic E-state index is -2.43. The fraction of sp³-hybridized carbons (Fsp3) is 0.759. The summed E-state index contributed by atoms with van der Waals surface area (Å²) in [5.74, 6) is -7.92. The Balaban J connectivity index is 1.69. The van der Waals surface area contributed by atoms with Gasteiger partial charge < -0.3 is 48.6 Å². The van der Waals surface area contributed by atoms with Gasteiger partial charge in [-0.25, -0.2) is 4.79 Å². The molecule has 1 amide bonds. The number of hydrogen-bond acceptors (Lipinski definition) is 14. The number of Topliss-reactive ketones (excluding diaryl/α,β-unsaturated/α-hetero) is 3. The first-order valence-electron chi connectivity index (χ1n) is 25.5. The zero-order valence-electron chi connectivity index (χ0n) is 43.1. The van der Waals surface area contributed by atoms with Crippen LogP contribution in [0.25, 0.3) is 0 Å². The highest BCUT2D eigenvalue weighted by atomic mass is 16.6. The summed E-state index contributed by atoms with van der Waals surface area (Å²) in [4.78, 5) is 72.2. The number of ketones is 3. The second-order valence-electron chi connectivity index (χ2n) is 20.5. The number of cyclic esters (lactones) is 1. The van der Waals surface area contributed by atoms with Gasteiger partial charge >= 0.3 is 5.97 Å². The quantitative estimate of drug-likeness (QED) is 0.0916. The highest BCUT2D eigenvalue weighted by Gasteiger charge is 2.53. The number of aliphatic hydroxyl groups excluding tert-OH is 2. The van der Waals surface area contributed by atoms with Crippen molar-refractivity contribution in [3.63, 3.8) is 0 Å². The summed E-state index contributed by atoms with van der Waals surface area (Å²) in [6, 6.07) is -1.14. The summed E-state index contributed by atoms with van der Waals surface area (Å²) >= 11 is 0. The van der Waals surface area contributed by atoms with Gasteiger partial charge in [0.2, 0.25) is 5.79 Å². The van der Waals surface area contributed by atoms with E-state index >= 15 is 0 Å². The Morgan fingerprint density at radius 2 is 1.59 bits per heavy atom. The Morgan fingerprint density at radius 1 is 0.855 bits per heavy atom. The lowest BCUT2D eigenvalue weighted by Gasteiger charge is -2.42. The SMILES string of the molecule is CO[C@H]1C[C@@H]2CC[C@@H](C)[C@@](O)(O2)C(=O)C(=O)N2CCCC[C@H]2C(=O)O[C@H](C(C)C[C@@H]2CC[C@@H](OCCCO)[C@H](OC)C2)CC(=O)[C@H](C)/C=C(\C)[C@@H](O)[C@@H](OC)C(=O)[C@H](C)C[C@H](C)/C=C/C=CC=C1C. The number of carbonyl (C=O) groups is 5. The highest BCUT2D eigenvalue weighted by molar-refractivity contribution is 6.39. The van der Waals surface area contributed by atoms with Crippen LogP contribution in [0, 0.1) is 35.5 Å². The van der Waals surface area contributed by atoms with Crippen LogP contribution < -0.4 is 0 Å². The zero-order valence-corrected chi connectivity index (χ0v) is 43.1. The average molecular weight is 972 g/mol. The fourth-order valence-corrected chi connectivity index (χ4v) is 10.6. The van der Waals surface area contributed by atoms with Crippen LogP contribution >= 0.6 is 0 Å². The number of amides is 1. The number of allylic oxidation sites excluding steroid dienone is 6. The number of piperidine rings is 1. The highest BCUT2D eigenvalue weighted by Crippen LogP contribution is 2.38. The van der Waals surface area contributed by atoms with Crippen molar-refractivity contribution in [2.45, 2.75) is 186 Å². The molecule has 0 spiro atoms. The Morgan fingerprint density at radius 3 is 2.28 bits per heavy atom. The molecule has 15 nitrogen and oxygen atoms in total. The van der Waals surface area contributed by atoms with E-state index in [1.807, 2.05) is 58.1 Å². The summed E-state index contributed by atoms with van der Waals surface area (Å²) < 4.78 is 35.8. The van der Waals surface area contributed by atoms with Gasteiger partial charge in [-0.3, -0.25) is 19.2 Å². The Hall–Kier alpha value is -3.41. The number of ether oxygens (including phenoxy) is 6. The number of rotatable bonds is 10. The van der Waals surface area contributed by atoms with Gasteiger partial charge in [0.05, 0.1) is 24.4 Å². The Labute approximate surface area is 411 Å². The summed E-state index contributed by atoms with van der Waals surface area (Å²) in [5.41, 5.74) is 1.27. The smallest absolute Gasteiger partial charge is 0.329 e. The molecule has 3 heterocycles. The van der Waals surface area contributed by atoms with Crippen LogP contribution in [0.5, 0.6) is 0 Å². The maximum absolute atomic E-state index is 14.5. The molecule has 3 aliphatic heterocycles. The summed E-state index contributed by atoms with van der Waals surface area (Å²) in [7, 11) is 4.61. The molecular weight excluding hydrogens is 887 g/mol. The van der Waals surface area contributed by atoms with Crippen molar-refractivity contribution in [1.82, 2.24) is 4.90 Å². The van der Waals surface area contributed by atoms with Crippen molar-refractivity contribution < 1.29 is 67.7 Å². The zero-order chi connectivity index (χ0) is 51.0. The first-order chi connectivity index (χ1) is 32.8. The monoisotopic (exact) mass is 972 g/mol. The van der Waals surface area contributed by atoms with Gasteiger partial charge in [0.1, 0.15) is 30.1 Å². The molecule has 4 rings (SSSR count). The molecule has 69 heavy (non-hydrogen) atoms. The van der Waals surface area contributed by atoms with E-state index < -0.39 is 77.8 Å². The number of esters is 1. The van der Waals surface area contributed by atoms with Gasteiger partial charge in [0.25, 0.3) is 11.7 Å². The van der Waals surface area contributed by atoms with E-state index in [1.165, 1.54) is 12.0 Å². The van der Waals surface area contributed by atoms with Crippen molar-refractivity contribution in [3.05, 3.63) is 47.6 Å². The summed E-state index contributed by atoms with van der Waals surface area (Å²) in [6.45, 7) is 13.3. The number of aliphatic hydroxyl groups is 3. The van der Waals surface area contributed by atoms with E-state index in [0.717, 1.165) is 18.4 Å². The van der Waals surface area contributed by atoms with Crippen LogP contribution in [0.4, 0.5) is 0 Å². The number of carbonyl (C=O) groups excluding carboxylic acids is 5. The van der Waals surface area contributed by atoms with Crippen LogP contribution in [0.1, 0.15) is 132 Å². The summed E-state index contributed by atoms with van der Waals surface area (Å²) in [6.07, 6.45) is 12.7. The largest absolute Gasteiger partial charge is 0.460 e. The molecule has 1 unspecified atom stereocenters. The van der Waals surface area contributed by atoms with E-state index in [2.05, 4.69) is 0 Å². The normalized spacial score (nSPS) is 37.6. The number of hydrogen-bond donors (Lipinski definition) is 3. The van der Waals surface area contributed by atoms with E-state index in [9.17, 15) is 39.3 Å². The van der Waals surface area contributed by atoms with E-state index in [0.29, 0.717) is 70.0 Å². The van der Waals surface area contributed by atoms with Gasteiger partial charge in [0, 0.05) is 71.7 Å². The van der Waals surface area contributed by atoms with Gasteiger partial charge in [0.15, 0.2) is 5.78 Å². The molecule has 1 saturated carbocycles. The Bertz CT molecular complexity index is 1830. The van der Waals surface area contributed by atoms with Crippen molar-refractivity contribution in [1.29, 1.82) is 0 Å². The van der Waals surface area contributed by atoms with Gasteiger partial charge in [-0.1, -0.05) is 71.1 Å². The average Bonchev–Trinajstić information content (AvgIpc) is 3.33. The van der Waals surface area contributed by atoms with Crippen LogP contribution in [0.15, 0.2) is 47.6 Å². The van der Waals surface area contributed by atoms with Crippen LogP contribution in [-0.4, -0.2) is 145 Å².